The highest BCUT2D eigenvalue weighted by atomic mass is 16.5. The van der Waals surface area contributed by atoms with Crippen molar-refractivity contribution in [2.45, 2.75) is 6.92 Å². The first kappa shape index (κ1) is 15.8. The van der Waals surface area contributed by atoms with Gasteiger partial charge in [0.25, 0.3) is 5.91 Å². The Morgan fingerprint density at radius 2 is 1.83 bits per heavy atom. The lowest BCUT2D eigenvalue weighted by Gasteiger charge is -2.10. The Labute approximate surface area is 140 Å². The largest absolute Gasteiger partial charge is 0.483 e. The second kappa shape index (κ2) is 7.00. The van der Waals surface area contributed by atoms with E-state index >= 15 is 0 Å². The lowest BCUT2D eigenvalue weighted by atomic mass is 10.1. The Kier molecular flexibility index (Phi) is 4.61. The molecule has 1 N–H and O–H groups in total. The molecule has 1 amide bonds. The van der Waals surface area contributed by atoms with Gasteiger partial charge in [-0.2, -0.15) is 5.10 Å². The predicted octanol–water partition coefficient (Wildman–Crippen LogP) is 3.41. The van der Waals surface area contributed by atoms with Gasteiger partial charge in [0.1, 0.15) is 5.75 Å². The summed E-state index contributed by atoms with van der Waals surface area (Å²) in [5, 5.41) is 7.11. The van der Waals surface area contributed by atoms with Crippen LogP contribution in [-0.2, 0) is 11.8 Å². The number of benzene rings is 2. The molecule has 0 spiro atoms. The van der Waals surface area contributed by atoms with Crippen LogP contribution in [0.4, 0.5) is 5.69 Å². The Balaban J connectivity index is 1.71. The Morgan fingerprint density at radius 1 is 1.12 bits per heavy atom. The molecule has 1 aromatic heterocycles. The van der Waals surface area contributed by atoms with Gasteiger partial charge in [-0.3, -0.25) is 9.48 Å². The lowest BCUT2D eigenvalue weighted by Crippen LogP contribution is -2.20. The minimum atomic E-state index is -0.219. The molecule has 0 aliphatic carbocycles. The summed E-state index contributed by atoms with van der Waals surface area (Å²) in [5.74, 6) is 0.491. The smallest absolute Gasteiger partial charge is 0.262 e. The lowest BCUT2D eigenvalue weighted by molar-refractivity contribution is -0.118. The Hall–Kier alpha value is -3.08. The van der Waals surface area contributed by atoms with Crippen molar-refractivity contribution in [3.05, 3.63) is 66.4 Å². The van der Waals surface area contributed by atoms with Crippen LogP contribution < -0.4 is 10.1 Å². The van der Waals surface area contributed by atoms with Crippen LogP contribution in [0, 0.1) is 6.92 Å². The van der Waals surface area contributed by atoms with Gasteiger partial charge in [0.2, 0.25) is 0 Å². The van der Waals surface area contributed by atoms with Crippen molar-refractivity contribution in [3.63, 3.8) is 0 Å². The zero-order valence-corrected chi connectivity index (χ0v) is 13.7. The number of nitrogens with zero attached hydrogens (tertiary/aromatic N) is 2. The average Bonchev–Trinajstić information content (AvgIpc) is 2.95. The van der Waals surface area contributed by atoms with E-state index in [0.29, 0.717) is 11.4 Å². The van der Waals surface area contributed by atoms with E-state index in [1.807, 2.05) is 68.6 Å². The fourth-order valence-corrected chi connectivity index (χ4v) is 2.52. The number of amides is 1. The monoisotopic (exact) mass is 321 g/mol. The van der Waals surface area contributed by atoms with Gasteiger partial charge in [0, 0.05) is 12.6 Å². The maximum absolute atomic E-state index is 12.2. The molecule has 0 aliphatic rings. The van der Waals surface area contributed by atoms with Crippen LogP contribution in [0.3, 0.4) is 0 Å². The van der Waals surface area contributed by atoms with Crippen molar-refractivity contribution in [3.8, 4) is 17.0 Å². The van der Waals surface area contributed by atoms with E-state index < -0.39 is 0 Å². The van der Waals surface area contributed by atoms with E-state index in [9.17, 15) is 4.79 Å². The molecule has 0 saturated carbocycles. The number of aromatic nitrogens is 2. The molecule has 0 atom stereocenters. The third-order valence-corrected chi connectivity index (χ3v) is 3.71. The topological polar surface area (TPSA) is 56.1 Å². The average molecular weight is 321 g/mol. The number of anilines is 1. The van der Waals surface area contributed by atoms with Gasteiger partial charge in [0.05, 0.1) is 17.6 Å². The molecule has 5 nitrogen and oxygen atoms in total. The Morgan fingerprint density at radius 3 is 2.58 bits per heavy atom. The highest BCUT2D eigenvalue weighted by molar-refractivity contribution is 5.95. The predicted molar refractivity (Wildman–Crippen MR) is 93.9 cm³/mol. The molecule has 0 fully saturated rings. The number of carbonyl (C=O) groups is 1. The number of para-hydroxylation sites is 1. The minimum absolute atomic E-state index is 0.0476. The Bertz CT molecular complexity index is 841. The van der Waals surface area contributed by atoms with Crippen molar-refractivity contribution in [1.29, 1.82) is 0 Å². The summed E-state index contributed by atoms with van der Waals surface area (Å²) in [7, 11) is 1.85. The van der Waals surface area contributed by atoms with E-state index in [1.165, 1.54) is 0 Å². The summed E-state index contributed by atoms with van der Waals surface area (Å²) < 4.78 is 7.33. The molecular weight excluding hydrogens is 302 g/mol. The summed E-state index contributed by atoms with van der Waals surface area (Å²) in [5.41, 5.74) is 3.52. The van der Waals surface area contributed by atoms with Crippen LogP contribution in [0.15, 0.2) is 60.8 Å². The first-order valence-corrected chi connectivity index (χ1v) is 7.71. The fourth-order valence-electron chi connectivity index (χ4n) is 2.52. The standard InChI is InChI=1S/C19H19N3O2/c1-14-8-6-7-11-17(14)24-13-18(23)21-16-12-20-22(2)19(16)15-9-4-3-5-10-15/h3-12H,13H2,1-2H3,(H,21,23). The molecule has 0 bridgehead atoms. The van der Waals surface area contributed by atoms with Gasteiger partial charge in [-0.15, -0.1) is 0 Å². The van der Waals surface area contributed by atoms with Crippen LogP contribution in [0.5, 0.6) is 5.75 Å². The second-order valence-corrected chi connectivity index (χ2v) is 5.50. The molecule has 3 rings (SSSR count). The number of aryl methyl sites for hydroxylation is 2. The number of nitrogens with one attached hydrogen (secondary N) is 1. The maximum atomic E-state index is 12.2. The molecule has 2 aromatic carbocycles. The van der Waals surface area contributed by atoms with Gasteiger partial charge in [0.15, 0.2) is 6.61 Å². The van der Waals surface area contributed by atoms with Gasteiger partial charge in [-0.25, -0.2) is 0 Å². The van der Waals surface area contributed by atoms with E-state index in [4.69, 9.17) is 4.74 Å². The van der Waals surface area contributed by atoms with Crippen LogP contribution in [-0.4, -0.2) is 22.3 Å². The van der Waals surface area contributed by atoms with Gasteiger partial charge in [-0.1, -0.05) is 48.5 Å². The van der Waals surface area contributed by atoms with Gasteiger partial charge in [-0.05, 0) is 18.6 Å². The van der Waals surface area contributed by atoms with Crippen LogP contribution in [0.1, 0.15) is 5.56 Å². The van der Waals surface area contributed by atoms with Crippen molar-refractivity contribution < 1.29 is 9.53 Å². The quantitative estimate of drug-likeness (QED) is 0.783. The molecule has 0 unspecified atom stereocenters. The SMILES string of the molecule is Cc1ccccc1OCC(=O)Nc1cnn(C)c1-c1ccccc1. The molecular formula is C19H19N3O2. The molecule has 1 heterocycles. The molecule has 24 heavy (non-hydrogen) atoms. The minimum Gasteiger partial charge on any atom is -0.483 e. The number of ether oxygens (including phenoxy) is 1. The summed E-state index contributed by atoms with van der Waals surface area (Å²) in [4.78, 5) is 12.2. The van der Waals surface area contributed by atoms with Crippen LogP contribution in [0.25, 0.3) is 11.3 Å². The first-order valence-electron chi connectivity index (χ1n) is 7.71. The number of carbonyl (C=O) groups excluding carboxylic acids is 1. The molecule has 122 valence electrons. The number of rotatable bonds is 5. The first-order chi connectivity index (χ1) is 11.6. The molecule has 3 aromatic rings. The fraction of sp³-hybridized carbons (Fsp3) is 0.158. The molecule has 0 saturated heterocycles. The normalized spacial score (nSPS) is 10.4. The molecule has 0 radical (unpaired) electrons. The number of hydrogen-bond acceptors (Lipinski definition) is 3. The van der Waals surface area contributed by atoms with Crippen molar-refractivity contribution in [2.75, 3.05) is 11.9 Å². The van der Waals surface area contributed by atoms with Gasteiger partial charge >= 0.3 is 0 Å². The molecule has 0 aliphatic heterocycles. The summed E-state index contributed by atoms with van der Waals surface area (Å²) in [6.07, 6.45) is 1.65. The summed E-state index contributed by atoms with van der Waals surface area (Å²) >= 11 is 0. The highest BCUT2D eigenvalue weighted by Crippen LogP contribution is 2.27. The van der Waals surface area contributed by atoms with E-state index in [1.54, 1.807) is 10.9 Å². The van der Waals surface area contributed by atoms with E-state index in [2.05, 4.69) is 10.4 Å². The maximum Gasteiger partial charge on any atom is 0.262 e. The second-order valence-electron chi connectivity index (χ2n) is 5.50. The third kappa shape index (κ3) is 3.46. The van der Waals surface area contributed by atoms with Crippen molar-refractivity contribution in [1.82, 2.24) is 9.78 Å². The van der Waals surface area contributed by atoms with E-state index in [-0.39, 0.29) is 12.5 Å². The van der Waals surface area contributed by atoms with Gasteiger partial charge < -0.3 is 10.1 Å². The molecule has 5 heteroatoms. The highest BCUT2D eigenvalue weighted by Gasteiger charge is 2.13. The summed E-state index contributed by atoms with van der Waals surface area (Å²) in [6.45, 7) is 1.90. The zero-order chi connectivity index (χ0) is 16.9. The third-order valence-electron chi connectivity index (χ3n) is 3.71. The van der Waals surface area contributed by atoms with Crippen molar-refractivity contribution >= 4 is 11.6 Å². The summed E-state index contributed by atoms with van der Waals surface area (Å²) in [6, 6.07) is 17.4. The number of hydrogen-bond donors (Lipinski definition) is 1. The van der Waals surface area contributed by atoms with Crippen molar-refractivity contribution in [2.24, 2.45) is 7.05 Å². The van der Waals surface area contributed by atoms with Crippen LogP contribution in [0.2, 0.25) is 0 Å². The zero-order valence-electron chi connectivity index (χ0n) is 13.7. The van der Waals surface area contributed by atoms with Crippen LogP contribution >= 0.6 is 0 Å². The van der Waals surface area contributed by atoms with E-state index in [0.717, 1.165) is 16.8 Å².